The highest BCUT2D eigenvalue weighted by Crippen LogP contribution is 2.38. The van der Waals surface area contributed by atoms with Gasteiger partial charge in [-0.25, -0.2) is 0 Å². The SMILES string of the molecule is CNC(=O)c1c(NC(=O)c2ccc(C)c(C)c2)sc2c1CCCC2. The molecule has 0 aliphatic heterocycles. The van der Waals surface area contributed by atoms with Gasteiger partial charge in [-0.3, -0.25) is 9.59 Å². The number of carbonyl (C=O) groups is 2. The minimum Gasteiger partial charge on any atom is -0.355 e. The standard InChI is InChI=1S/C19H22N2O2S/c1-11-8-9-13(10-12(11)2)17(22)21-19-16(18(23)20-3)14-6-4-5-7-15(14)24-19/h8-10H,4-7H2,1-3H3,(H,20,23)(H,21,22). The fourth-order valence-electron chi connectivity index (χ4n) is 3.08. The second-order valence-corrected chi connectivity index (χ2v) is 7.35. The van der Waals surface area contributed by atoms with Crippen LogP contribution in [0.25, 0.3) is 0 Å². The van der Waals surface area contributed by atoms with Crippen LogP contribution in [-0.4, -0.2) is 18.9 Å². The molecule has 2 aromatic rings. The third-order valence-corrected chi connectivity index (χ3v) is 5.83. The molecule has 0 fully saturated rings. The average Bonchev–Trinajstić information content (AvgIpc) is 2.94. The molecule has 3 rings (SSSR count). The molecule has 0 atom stereocenters. The number of fused-ring (bicyclic) bond motifs is 1. The zero-order chi connectivity index (χ0) is 17.3. The van der Waals surface area contributed by atoms with Crippen molar-refractivity contribution >= 4 is 28.2 Å². The van der Waals surface area contributed by atoms with E-state index in [4.69, 9.17) is 0 Å². The second kappa shape index (κ2) is 6.77. The van der Waals surface area contributed by atoms with Crippen LogP contribution < -0.4 is 10.6 Å². The van der Waals surface area contributed by atoms with E-state index in [-0.39, 0.29) is 11.8 Å². The molecule has 1 heterocycles. The van der Waals surface area contributed by atoms with Gasteiger partial charge in [0.1, 0.15) is 5.00 Å². The van der Waals surface area contributed by atoms with Crippen molar-refractivity contribution in [3.8, 4) is 0 Å². The summed E-state index contributed by atoms with van der Waals surface area (Å²) in [7, 11) is 1.63. The lowest BCUT2D eigenvalue weighted by atomic mass is 9.95. The van der Waals surface area contributed by atoms with E-state index >= 15 is 0 Å². The Morgan fingerprint density at radius 1 is 1.04 bits per heavy atom. The summed E-state index contributed by atoms with van der Waals surface area (Å²) in [5.41, 5.74) is 4.62. The molecule has 0 unspecified atom stereocenters. The Kier molecular flexibility index (Phi) is 4.71. The summed E-state index contributed by atoms with van der Waals surface area (Å²) in [5.74, 6) is -0.286. The number of anilines is 1. The molecule has 1 aliphatic carbocycles. The molecule has 0 saturated carbocycles. The van der Waals surface area contributed by atoms with E-state index in [0.29, 0.717) is 16.1 Å². The van der Waals surface area contributed by atoms with Crippen LogP contribution in [-0.2, 0) is 12.8 Å². The van der Waals surface area contributed by atoms with E-state index in [0.717, 1.165) is 42.4 Å². The molecule has 1 aromatic carbocycles. The third-order valence-electron chi connectivity index (χ3n) is 4.62. The second-order valence-electron chi connectivity index (χ2n) is 6.25. The Hall–Kier alpha value is -2.14. The van der Waals surface area contributed by atoms with Gasteiger partial charge in [-0.15, -0.1) is 11.3 Å². The number of amides is 2. The van der Waals surface area contributed by atoms with E-state index in [9.17, 15) is 9.59 Å². The van der Waals surface area contributed by atoms with Crippen LogP contribution in [0, 0.1) is 13.8 Å². The van der Waals surface area contributed by atoms with Gasteiger partial charge >= 0.3 is 0 Å². The number of aryl methyl sites for hydroxylation is 3. The average molecular weight is 342 g/mol. The molecule has 5 heteroatoms. The van der Waals surface area contributed by atoms with Crippen LogP contribution in [0.2, 0.25) is 0 Å². The Balaban J connectivity index is 1.94. The van der Waals surface area contributed by atoms with E-state index in [1.54, 1.807) is 18.4 Å². The summed E-state index contributed by atoms with van der Waals surface area (Å²) < 4.78 is 0. The molecule has 126 valence electrons. The Morgan fingerprint density at radius 3 is 2.50 bits per heavy atom. The lowest BCUT2D eigenvalue weighted by molar-refractivity contribution is 0.0963. The predicted octanol–water partition coefficient (Wildman–Crippen LogP) is 3.86. The van der Waals surface area contributed by atoms with Gasteiger partial charge < -0.3 is 10.6 Å². The summed E-state index contributed by atoms with van der Waals surface area (Å²) in [5, 5.41) is 6.34. The topological polar surface area (TPSA) is 58.2 Å². The molecule has 0 bridgehead atoms. The highest BCUT2D eigenvalue weighted by molar-refractivity contribution is 7.17. The van der Waals surface area contributed by atoms with Crippen LogP contribution in [0.1, 0.15) is 55.1 Å². The maximum Gasteiger partial charge on any atom is 0.256 e. The maximum absolute atomic E-state index is 12.6. The van der Waals surface area contributed by atoms with Gasteiger partial charge in [0.25, 0.3) is 11.8 Å². The molecule has 2 amide bonds. The molecule has 1 aliphatic rings. The van der Waals surface area contributed by atoms with Crippen molar-refractivity contribution in [3.63, 3.8) is 0 Å². The lowest BCUT2D eigenvalue weighted by Crippen LogP contribution is -2.22. The van der Waals surface area contributed by atoms with Crippen LogP contribution >= 0.6 is 11.3 Å². The van der Waals surface area contributed by atoms with Crippen molar-refractivity contribution in [2.24, 2.45) is 0 Å². The van der Waals surface area contributed by atoms with Crippen molar-refractivity contribution in [1.82, 2.24) is 5.32 Å². The molecule has 1 aromatic heterocycles. The Labute approximate surface area is 146 Å². The summed E-state index contributed by atoms with van der Waals surface area (Å²) in [4.78, 5) is 26.2. The molecule has 0 spiro atoms. The fourth-order valence-corrected chi connectivity index (χ4v) is 4.36. The molecule has 0 radical (unpaired) electrons. The maximum atomic E-state index is 12.6. The van der Waals surface area contributed by atoms with Gasteiger partial charge in [-0.1, -0.05) is 6.07 Å². The van der Waals surface area contributed by atoms with E-state index in [1.165, 1.54) is 4.88 Å². The minimum atomic E-state index is -0.165. The van der Waals surface area contributed by atoms with Crippen molar-refractivity contribution < 1.29 is 9.59 Å². The van der Waals surface area contributed by atoms with Crippen LogP contribution in [0.3, 0.4) is 0 Å². The highest BCUT2D eigenvalue weighted by atomic mass is 32.1. The van der Waals surface area contributed by atoms with Gasteiger partial charge in [0.2, 0.25) is 0 Å². The number of benzene rings is 1. The molecule has 24 heavy (non-hydrogen) atoms. The zero-order valence-corrected chi connectivity index (χ0v) is 15.1. The number of carbonyl (C=O) groups excluding carboxylic acids is 2. The zero-order valence-electron chi connectivity index (χ0n) is 14.3. The Morgan fingerprint density at radius 2 is 1.79 bits per heavy atom. The number of hydrogen-bond acceptors (Lipinski definition) is 3. The quantitative estimate of drug-likeness (QED) is 0.890. The van der Waals surface area contributed by atoms with Gasteiger partial charge in [0.05, 0.1) is 5.56 Å². The van der Waals surface area contributed by atoms with Crippen LogP contribution in [0.15, 0.2) is 18.2 Å². The Bertz CT molecular complexity index is 808. The summed E-state index contributed by atoms with van der Waals surface area (Å²) >= 11 is 1.54. The number of hydrogen-bond donors (Lipinski definition) is 2. The first-order chi connectivity index (χ1) is 11.5. The molecular weight excluding hydrogens is 320 g/mol. The van der Waals surface area contributed by atoms with Crippen molar-refractivity contribution in [1.29, 1.82) is 0 Å². The van der Waals surface area contributed by atoms with Crippen molar-refractivity contribution in [2.45, 2.75) is 39.5 Å². The van der Waals surface area contributed by atoms with Crippen molar-refractivity contribution in [2.75, 3.05) is 12.4 Å². The molecule has 4 nitrogen and oxygen atoms in total. The fraction of sp³-hybridized carbons (Fsp3) is 0.368. The van der Waals surface area contributed by atoms with E-state index < -0.39 is 0 Å². The largest absolute Gasteiger partial charge is 0.355 e. The third kappa shape index (κ3) is 3.08. The van der Waals surface area contributed by atoms with Crippen molar-refractivity contribution in [3.05, 3.63) is 50.9 Å². The highest BCUT2D eigenvalue weighted by Gasteiger charge is 2.26. The predicted molar refractivity (Wildman–Crippen MR) is 98.2 cm³/mol. The van der Waals surface area contributed by atoms with E-state index in [2.05, 4.69) is 10.6 Å². The van der Waals surface area contributed by atoms with Crippen LogP contribution in [0.5, 0.6) is 0 Å². The molecule has 2 N–H and O–H groups in total. The molecular formula is C19H22N2O2S. The summed E-state index contributed by atoms with van der Waals surface area (Å²) in [6.07, 6.45) is 4.14. The van der Waals surface area contributed by atoms with Gasteiger partial charge in [-0.2, -0.15) is 0 Å². The smallest absolute Gasteiger partial charge is 0.256 e. The van der Waals surface area contributed by atoms with E-state index in [1.807, 2.05) is 32.0 Å². The first-order valence-corrected chi connectivity index (χ1v) is 9.08. The number of rotatable bonds is 3. The monoisotopic (exact) mass is 342 g/mol. The number of thiophene rings is 1. The first kappa shape index (κ1) is 16.7. The van der Waals surface area contributed by atoms with Gasteiger partial charge in [0, 0.05) is 17.5 Å². The summed E-state index contributed by atoms with van der Waals surface area (Å²) in [6, 6.07) is 5.66. The lowest BCUT2D eigenvalue weighted by Gasteiger charge is -2.12. The minimum absolute atomic E-state index is 0.121. The van der Waals surface area contributed by atoms with Gasteiger partial charge in [-0.05, 0) is 68.4 Å². The summed E-state index contributed by atoms with van der Waals surface area (Å²) in [6.45, 7) is 4.01. The normalized spacial score (nSPS) is 13.3. The molecule has 0 saturated heterocycles. The van der Waals surface area contributed by atoms with Gasteiger partial charge in [0.15, 0.2) is 0 Å². The van der Waals surface area contributed by atoms with Crippen LogP contribution in [0.4, 0.5) is 5.00 Å². The first-order valence-electron chi connectivity index (χ1n) is 8.26. The number of nitrogens with one attached hydrogen (secondary N) is 2.